The number of halogens is 1. The Kier molecular flexibility index (Phi) is 3.04. The first-order valence-electron chi connectivity index (χ1n) is 4.98. The molecule has 5 nitrogen and oxygen atoms in total. The lowest BCUT2D eigenvalue weighted by molar-refractivity contribution is 0.0946. The summed E-state index contributed by atoms with van der Waals surface area (Å²) in [5.74, 6) is -0.415. The number of nitrogens with zero attached hydrogens (tertiary/aromatic N) is 1. The third kappa shape index (κ3) is 2.81. The van der Waals surface area contributed by atoms with Crippen molar-refractivity contribution in [3.63, 3.8) is 0 Å². The van der Waals surface area contributed by atoms with Gasteiger partial charge in [0.15, 0.2) is 0 Å². The molecule has 2 aromatic rings. The minimum Gasteiger partial charge on any atom is -0.382 e. The molecule has 88 valence electrons. The van der Waals surface area contributed by atoms with Crippen molar-refractivity contribution in [3.8, 4) is 0 Å². The molecule has 6 heteroatoms. The van der Waals surface area contributed by atoms with Crippen LogP contribution in [0.25, 0.3) is 0 Å². The number of carbonyl (C=O) groups excluding carboxylic acids is 1. The molecule has 0 aliphatic heterocycles. The van der Waals surface area contributed by atoms with Gasteiger partial charge in [-0.25, -0.2) is 4.39 Å². The minimum atomic E-state index is -0.335. The van der Waals surface area contributed by atoms with Gasteiger partial charge in [0.1, 0.15) is 17.3 Å². The molecule has 0 atom stereocenters. The van der Waals surface area contributed by atoms with Crippen LogP contribution in [-0.4, -0.2) is 16.1 Å². The van der Waals surface area contributed by atoms with Crippen LogP contribution in [0.5, 0.6) is 0 Å². The molecular weight excluding hydrogens is 223 g/mol. The van der Waals surface area contributed by atoms with Crippen LogP contribution in [0.2, 0.25) is 0 Å². The molecule has 0 aliphatic carbocycles. The Morgan fingerprint density at radius 3 is 2.94 bits per heavy atom. The van der Waals surface area contributed by atoms with Gasteiger partial charge < -0.3 is 11.1 Å². The zero-order chi connectivity index (χ0) is 12.3. The summed E-state index contributed by atoms with van der Waals surface area (Å²) in [5.41, 5.74) is 6.33. The fourth-order valence-electron chi connectivity index (χ4n) is 1.38. The van der Waals surface area contributed by atoms with Crippen molar-refractivity contribution in [3.05, 3.63) is 47.4 Å². The molecule has 1 aromatic heterocycles. The van der Waals surface area contributed by atoms with Gasteiger partial charge >= 0.3 is 0 Å². The molecule has 1 aromatic carbocycles. The normalized spacial score (nSPS) is 10.2. The molecule has 0 unspecified atom stereocenters. The van der Waals surface area contributed by atoms with E-state index in [1.807, 2.05) is 0 Å². The quantitative estimate of drug-likeness (QED) is 0.742. The number of hydrogen-bond donors (Lipinski definition) is 3. The summed E-state index contributed by atoms with van der Waals surface area (Å²) in [6.45, 7) is 0.246. The highest BCUT2D eigenvalue weighted by Crippen LogP contribution is 2.04. The van der Waals surface area contributed by atoms with E-state index < -0.39 is 0 Å². The predicted molar refractivity (Wildman–Crippen MR) is 60.6 cm³/mol. The molecule has 0 saturated heterocycles. The first kappa shape index (κ1) is 11.1. The number of amides is 1. The highest BCUT2D eigenvalue weighted by molar-refractivity contribution is 5.92. The second-order valence-electron chi connectivity index (χ2n) is 3.52. The predicted octanol–water partition coefficient (Wildman–Crippen LogP) is 1.06. The first-order chi connectivity index (χ1) is 8.15. The summed E-state index contributed by atoms with van der Waals surface area (Å²) in [6.07, 6.45) is 0. The van der Waals surface area contributed by atoms with Crippen molar-refractivity contribution < 1.29 is 9.18 Å². The van der Waals surface area contributed by atoms with Crippen molar-refractivity contribution >= 4 is 11.7 Å². The van der Waals surface area contributed by atoms with E-state index in [0.717, 1.165) is 0 Å². The van der Waals surface area contributed by atoms with Gasteiger partial charge in [0.2, 0.25) is 0 Å². The summed E-state index contributed by atoms with van der Waals surface area (Å²) in [7, 11) is 0. The van der Waals surface area contributed by atoms with E-state index in [0.29, 0.717) is 5.56 Å². The molecule has 17 heavy (non-hydrogen) atoms. The van der Waals surface area contributed by atoms with Crippen LogP contribution in [0, 0.1) is 5.82 Å². The van der Waals surface area contributed by atoms with Crippen molar-refractivity contribution in [1.29, 1.82) is 0 Å². The lowest BCUT2D eigenvalue weighted by Crippen LogP contribution is -2.23. The van der Waals surface area contributed by atoms with Crippen LogP contribution < -0.4 is 11.1 Å². The van der Waals surface area contributed by atoms with Gasteiger partial charge in [0.25, 0.3) is 5.91 Å². The van der Waals surface area contributed by atoms with Crippen LogP contribution in [-0.2, 0) is 6.54 Å². The molecule has 0 fully saturated rings. The first-order valence-corrected chi connectivity index (χ1v) is 4.98. The van der Waals surface area contributed by atoms with E-state index in [2.05, 4.69) is 15.5 Å². The number of hydrogen-bond acceptors (Lipinski definition) is 3. The number of aromatic amines is 1. The van der Waals surface area contributed by atoms with E-state index in [-0.39, 0.29) is 29.8 Å². The maximum absolute atomic E-state index is 12.9. The van der Waals surface area contributed by atoms with Crippen molar-refractivity contribution in [1.82, 2.24) is 15.5 Å². The smallest absolute Gasteiger partial charge is 0.269 e. The fraction of sp³-hybridized carbons (Fsp3) is 0.0909. The Bertz CT molecular complexity index is 538. The highest BCUT2D eigenvalue weighted by Gasteiger charge is 2.08. The SMILES string of the molecule is Nc1cc(C(=O)NCc2cccc(F)c2)[nH]n1. The minimum absolute atomic E-state index is 0.246. The summed E-state index contributed by atoms with van der Waals surface area (Å²) < 4.78 is 12.9. The van der Waals surface area contributed by atoms with E-state index in [4.69, 9.17) is 5.73 Å². The number of aromatic nitrogens is 2. The zero-order valence-corrected chi connectivity index (χ0v) is 8.90. The van der Waals surface area contributed by atoms with Crippen LogP contribution in [0.4, 0.5) is 10.2 Å². The molecule has 0 radical (unpaired) electrons. The van der Waals surface area contributed by atoms with Gasteiger partial charge in [0, 0.05) is 12.6 Å². The Hall–Kier alpha value is -2.37. The molecule has 0 aliphatic rings. The molecule has 1 heterocycles. The highest BCUT2D eigenvalue weighted by atomic mass is 19.1. The average molecular weight is 234 g/mol. The van der Waals surface area contributed by atoms with Gasteiger partial charge in [0.05, 0.1) is 0 Å². The molecule has 0 spiro atoms. The molecular formula is C11H11FN4O. The van der Waals surface area contributed by atoms with Gasteiger partial charge in [-0.2, -0.15) is 5.10 Å². The van der Waals surface area contributed by atoms with E-state index in [1.165, 1.54) is 18.2 Å². The second-order valence-corrected chi connectivity index (χ2v) is 3.52. The maximum Gasteiger partial charge on any atom is 0.269 e. The van der Waals surface area contributed by atoms with Crippen molar-refractivity contribution in [2.45, 2.75) is 6.54 Å². The number of carbonyl (C=O) groups is 1. The van der Waals surface area contributed by atoms with Crippen LogP contribution in [0.1, 0.15) is 16.1 Å². The lowest BCUT2D eigenvalue weighted by Gasteiger charge is -2.03. The Morgan fingerprint density at radius 2 is 2.29 bits per heavy atom. The number of H-pyrrole nitrogens is 1. The van der Waals surface area contributed by atoms with Crippen LogP contribution >= 0.6 is 0 Å². The number of rotatable bonds is 3. The molecule has 0 saturated carbocycles. The number of nitrogens with one attached hydrogen (secondary N) is 2. The van der Waals surface area contributed by atoms with Crippen LogP contribution in [0.3, 0.4) is 0 Å². The van der Waals surface area contributed by atoms with E-state index in [1.54, 1.807) is 12.1 Å². The number of nitrogen functional groups attached to an aromatic ring is 1. The van der Waals surface area contributed by atoms with Gasteiger partial charge in [-0.3, -0.25) is 9.89 Å². The second kappa shape index (κ2) is 4.65. The topological polar surface area (TPSA) is 83.8 Å². The van der Waals surface area contributed by atoms with Crippen molar-refractivity contribution in [2.75, 3.05) is 5.73 Å². The summed E-state index contributed by atoms with van der Waals surface area (Å²) in [6, 6.07) is 7.46. The standard InChI is InChI=1S/C11H11FN4O/c12-8-3-1-2-7(4-8)6-14-11(17)9-5-10(13)16-15-9/h1-5H,6H2,(H,14,17)(H3,13,15,16). The van der Waals surface area contributed by atoms with E-state index in [9.17, 15) is 9.18 Å². The number of nitrogens with two attached hydrogens (primary N) is 1. The third-order valence-electron chi connectivity index (χ3n) is 2.18. The fourth-order valence-corrected chi connectivity index (χ4v) is 1.38. The summed E-state index contributed by atoms with van der Waals surface area (Å²) in [5, 5.41) is 8.75. The number of anilines is 1. The van der Waals surface area contributed by atoms with E-state index >= 15 is 0 Å². The van der Waals surface area contributed by atoms with Gasteiger partial charge in [-0.1, -0.05) is 12.1 Å². The third-order valence-corrected chi connectivity index (χ3v) is 2.18. The molecule has 0 bridgehead atoms. The van der Waals surface area contributed by atoms with Crippen molar-refractivity contribution in [2.24, 2.45) is 0 Å². The number of benzene rings is 1. The zero-order valence-electron chi connectivity index (χ0n) is 8.90. The van der Waals surface area contributed by atoms with Crippen LogP contribution in [0.15, 0.2) is 30.3 Å². The largest absolute Gasteiger partial charge is 0.382 e. The van der Waals surface area contributed by atoms with Gasteiger partial charge in [-0.15, -0.1) is 0 Å². The Balaban J connectivity index is 1.97. The monoisotopic (exact) mass is 234 g/mol. The van der Waals surface area contributed by atoms with Gasteiger partial charge in [-0.05, 0) is 17.7 Å². The Labute approximate surface area is 96.8 Å². The summed E-state index contributed by atoms with van der Waals surface area (Å²) >= 11 is 0. The summed E-state index contributed by atoms with van der Waals surface area (Å²) in [4.78, 5) is 11.6. The Morgan fingerprint density at radius 1 is 1.47 bits per heavy atom. The maximum atomic E-state index is 12.9. The lowest BCUT2D eigenvalue weighted by atomic mass is 10.2. The molecule has 4 N–H and O–H groups in total. The molecule has 1 amide bonds. The average Bonchev–Trinajstić information content (AvgIpc) is 2.73. The molecule has 2 rings (SSSR count).